The molecular formula is C17H18BrNO3S. The monoisotopic (exact) mass is 395 g/mol. The Hall–Kier alpha value is -1.37. The molecule has 3 rings (SSSR count). The lowest BCUT2D eigenvalue weighted by molar-refractivity contribution is 0.390. The van der Waals surface area contributed by atoms with Gasteiger partial charge in [0.05, 0.1) is 18.0 Å². The number of halogens is 1. The molecule has 23 heavy (non-hydrogen) atoms. The molecule has 0 bridgehead atoms. The van der Waals surface area contributed by atoms with Gasteiger partial charge in [0.1, 0.15) is 5.75 Å². The second-order valence-electron chi connectivity index (χ2n) is 5.48. The van der Waals surface area contributed by atoms with Crippen LogP contribution in [0.15, 0.2) is 57.9 Å². The summed E-state index contributed by atoms with van der Waals surface area (Å²) in [6, 6.07) is 14.4. The maximum atomic E-state index is 13.1. The van der Waals surface area contributed by atoms with Gasteiger partial charge in [0.2, 0.25) is 10.0 Å². The summed E-state index contributed by atoms with van der Waals surface area (Å²) in [7, 11) is -1.93. The number of rotatable bonds is 4. The molecule has 0 aromatic heterocycles. The van der Waals surface area contributed by atoms with Crippen LogP contribution in [0.25, 0.3) is 0 Å². The van der Waals surface area contributed by atoms with Crippen molar-refractivity contribution in [2.45, 2.75) is 23.8 Å². The summed E-state index contributed by atoms with van der Waals surface area (Å²) >= 11 is 3.35. The van der Waals surface area contributed by atoms with Crippen LogP contribution in [0.4, 0.5) is 0 Å². The van der Waals surface area contributed by atoms with E-state index in [1.54, 1.807) is 29.6 Å². The Morgan fingerprint density at radius 2 is 1.96 bits per heavy atom. The minimum absolute atomic E-state index is 0.151. The molecule has 0 N–H and O–H groups in total. The predicted octanol–water partition coefficient (Wildman–Crippen LogP) is 3.98. The van der Waals surface area contributed by atoms with Gasteiger partial charge in [-0.25, -0.2) is 8.42 Å². The van der Waals surface area contributed by atoms with Crippen molar-refractivity contribution in [1.29, 1.82) is 0 Å². The van der Waals surface area contributed by atoms with Crippen LogP contribution in [0.2, 0.25) is 0 Å². The zero-order chi connectivity index (χ0) is 16.4. The number of sulfonamides is 1. The highest BCUT2D eigenvalue weighted by Crippen LogP contribution is 2.38. The fourth-order valence-electron chi connectivity index (χ4n) is 2.99. The Morgan fingerprint density at radius 3 is 2.70 bits per heavy atom. The lowest BCUT2D eigenvalue weighted by atomic mass is 10.1. The molecule has 1 unspecified atom stereocenters. The van der Waals surface area contributed by atoms with Gasteiger partial charge in [-0.15, -0.1) is 0 Å². The van der Waals surface area contributed by atoms with Crippen molar-refractivity contribution in [3.8, 4) is 5.75 Å². The van der Waals surface area contributed by atoms with Crippen LogP contribution in [0, 0.1) is 0 Å². The number of ether oxygens (including phenoxy) is 1. The summed E-state index contributed by atoms with van der Waals surface area (Å²) in [6.07, 6.45) is 1.67. The normalized spacial score (nSPS) is 19.0. The summed E-state index contributed by atoms with van der Waals surface area (Å²) < 4.78 is 33.6. The van der Waals surface area contributed by atoms with Crippen LogP contribution in [0.1, 0.15) is 24.4 Å². The zero-order valence-corrected chi connectivity index (χ0v) is 15.2. The lowest BCUT2D eigenvalue weighted by Crippen LogP contribution is -2.30. The second-order valence-corrected chi connectivity index (χ2v) is 8.19. The largest absolute Gasteiger partial charge is 0.497 e. The number of hydrogen-bond acceptors (Lipinski definition) is 3. The quantitative estimate of drug-likeness (QED) is 0.786. The molecule has 0 spiro atoms. The van der Waals surface area contributed by atoms with E-state index in [2.05, 4.69) is 15.9 Å². The first-order valence-electron chi connectivity index (χ1n) is 7.44. The third-order valence-corrected chi connectivity index (χ3v) is 7.03. The molecule has 2 aromatic carbocycles. The third kappa shape index (κ3) is 3.16. The zero-order valence-electron chi connectivity index (χ0n) is 12.8. The Labute approximate surface area is 145 Å². The topological polar surface area (TPSA) is 46.6 Å². The van der Waals surface area contributed by atoms with Crippen molar-refractivity contribution >= 4 is 26.0 Å². The van der Waals surface area contributed by atoms with E-state index in [1.165, 1.54) is 0 Å². The van der Waals surface area contributed by atoms with Crippen LogP contribution in [0.5, 0.6) is 5.75 Å². The van der Waals surface area contributed by atoms with Gasteiger partial charge in [-0.05, 0) is 58.6 Å². The molecule has 1 aliphatic heterocycles. The Morgan fingerprint density at radius 1 is 1.17 bits per heavy atom. The van der Waals surface area contributed by atoms with Crippen molar-refractivity contribution in [3.05, 3.63) is 58.6 Å². The van der Waals surface area contributed by atoms with Crippen molar-refractivity contribution < 1.29 is 13.2 Å². The highest BCUT2D eigenvalue weighted by molar-refractivity contribution is 9.10. The van der Waals surface area contributed by atoms with Gasteiger partial charge < -0.3 is 4.74 Å². The van der Waals surface area contributed by atoms with Gasteiger partial charge >= 0.3 is 0 Å². The number of hydrogen-bond donors (Lipinski definition) is 0. The van der Waals surface area contributed by atoms with E-state index in [0.717, 1.165) is 24.2 Å². The van der Waals surface area contributed by atoms with Crippen LogP contribution >= 0.6 is 15.9 Å². The van der Waals surface area contributed by atoms with Gasteiger partial charge in [-0.1, -0.05) is 24.3 Å². The maximum Gasteiger partial charge on any atom is 0.244 e. The molecule has 122 valence electrons. The highest BCUT2D eigenvalue weighted by atomic mass is 79.9. The van der Waals surface area contributed by atoms with Gasteiger partial charge in [-0.3, -0.25) is 0 Å². The highest BCUT2D eigenvalue weighted by Gasteiger charge is 2.37. The molecular weight excluding hydrogens is 378 g/mol. The van der Waals surface area contributed by atoms with Crippen LogP contribution in [0.3, 0.4) is 0 Å². The molecule has 0 aliphatic carbocycles. The minimum atomic E-state index is -3.54. The van der Waals surface area contributed by atoms with Crippen LogP contribution in [-0.2, 0) is 10.0 Å². The van der Waals surface area contributed by atoms with Gasteiger partial charge in [-0.2, -0.15) is 4.31 Å². The van der Waals surface area contributed by atoms with Crippen molar-refractivity contribution in [2.24, 2.45) is 0 Å². The number of nitrogens with zero attached hydrogens (tertiary/aromatic N) is 1. The van der Waals surface area contributed by atoms with Crippen LogP contribution < -0.4 is 4.74 Å². The predicted molar refractivity (Wildman–Crippen MR) is 93.0 cm³/mol. The number of methoxy groups -OCH3 is 1. The molecule has 1 saturated heterocycles. The van der Waals surface area contributed by atoms with E-state index in [0.29, 0.717) is 15.9 Å². The minimum Gasteiger partial charge on any atom is -0.497 e. The number of benzene rings is 2. The lowest BCUT2D eigenvalue weighted by Gasteiger charge is -2.25. The summed E-state index contributed by atoms with van der Waals surface area (Å²) in [5, 5.41) is 0. The molecule has 1 fully saturated rings. The van der Waals surface area contributed by atoms with E-state index in [1.807, 2.05) is 30.3 Å². The molecule has 1 heterocycles. The fourth-order valence-corrected chi connectivity index (χ4v) is 5.64. The molecule has 0 saturated carbocycles. The molecule has 2 aromatic rings. The molecule has 0 amide bonds. The van der Waals surface area contributed by atoms with E-state index < -0.39 is 10.0 Å². The SMILES string of the molecule is COc1cccc(C2CCCN2S(=O)(=O)c2ccccc2Br)c1. The Bertz CT molecular complexity index is 807. The van der Waals surface area contributed by atoms with E-state index in [4.69, 9.17) is 4.74 Å². The smallest absolute Gasteiger partial charge is 0.244 e. The second kappa shape index (κ2) is 6.63. The third-order valence-electron chi connectivity index (χ3n) is 4.11. The molecule has 0 radical (unpaired) electrons. The summed E-state index contributed by atoms with van der Waals surface area (Å²) in [5.41, 5.74) is 0.970. The fraction of sp³-hybridized carbons (Fsp3) is 0.294. The average molecular weight is 396 g/mol. The molecule has 1 atom stereocenters. The van der Waals surface area contributed by atoms with Crippen molar-refractivity contribution in [2.75, 3.05) is 13.7 Å². The summed E-state index contributed by atoms with van der Waals surface area (Å²) in [6.45, 7) is 0.533. The van der Waals surface area contributed by atoms with Crippen LogP contribution in [-0.4, -0.2) is 26.4 Å². The molecule has 1 aliphatic rings. The Balaban J connectivity index is 2.00. The molecule has 6 heteroatoms. The summed E-state index contributed by atoms with van der Waals surface area (Å²) in [4.78, 5) is 0.315. The van der Waals surface area contributed by atoms with E-state index in [-0.39, 0.29) is 6.04 Å². The van der Waals surface area contributed by atoms with Gasteiger partial charge in [0.15, 0.2) is 0 Å². The van der Waals surface area contributed by atoms with E-state index >= 15 is 0 Å². The maximum absolute atomic E-state index is 13.1. The Kier molecular flexibility index (Phi) is 4.75. The summed E-state index contributed by atoms with van der Waals surface area (Å²) in [5.74, 6) is 0.743. The molecule has 4 nitrogen and oxygen atoms in total. The van der Waals surface area contributed by atoms with E-state index in [9.17, 15) is 8.42 Å². The first-order chi connectivity index (χ1) is 11.0. The van der Waals surface area contributed by atoms with Gasteiger partial charge in [0, 0.05) is 11.0 Å². The first-order valence-corrected chi connectivity index (χ1v) is 9.67. The van der Waals surface area contributed by atoms with Gasteiger partial charge in [0.25, 0.3) is 0 Å². The first kappa shape index (κ1) is 16.5. The average Bonchev–Trinajstić information content (AvgIpc) is 3.05. The van der Waals surface area contributed by atoms with Crippen molar-refractivity contribution in [3.63, 3.8) is 0 Å². The van der Waals surface area contributed by atoms with Crippen molar-refractivity contribution in [1.82, 2.24) is 4.31 Å². The standard InChI is InChI=1S/C17H18BrNO3S/c1-22-14-7-4-6-13(12-14)16-9-5-11-19(16)23(20,21)17-10-3-2-8-15(17)18/h2-4,6-8,10,12,16H,5,9,11H2,1H3.